The van der Waals surface area contributed by atoms with Crippen molar-refractivity contribution in [1.82, 2.24) is 25.3 Å². The minimum Gasteiger partial charge on any atom is -0.327 e. The van der Waals surface area contributed by atoms with Crippen LogP contribution in [0.25, 0.3) is 11.3 Å². The van der Waals surface area contributed by atoms with Crippen LogP contribution in [0.3, 0.4) is 0 Å². The van der Waals surface area contributed by atoms with E-state index in [0.29, 0.717) is 0 Å². The summed E-state index contributed by atoms with van der Waals surface area (Å²) in [6.45, 7) is 7.70. The van der Waals surface area contributed by atoms with Crippen molar-refractivity contribution in [3.8, 4) is 23.1 Å². The van der Waals surface area contributed by atoms with E-state index in [0.717, 1.165) is 67.3 Å². The quantitative estimate of drug-likeness (QED) is 0.414. The average molecular weight is 455 g/mol. The van der Waals surface area contributed by atoms with Crippen LogP contribution in [0.15, 0.2) is 42.5 Å². The lowest BCUT2D eigenvalue weighted by Gasteiger charge is -2.32. The molecular weight excluding hydrogens is 424 g/mol. The van der Waals surface area contributed by atoms with Gasteiger partial charge in [0.15, 0.2) is 0 Å². The Morgan fingerprint density at radius 3 is 2.79 bits per heavy atom. The number of para-hydroxylation sites is 1. The minimum absolute atomic E-state index is 0.251. The molecule has 0 radical (unpaired) electrons. The number of likely N-dealkylation sites (N-methyl/N-ethyl adjacent to an activating group) is 1. The zero-order valence-corrected chi connectivity index (χ0v) is 19.7. The number of rotatable bonds is 4. The first kappa shape index (κ1) is 22.2. The molecule has 34 heavy (non-hydrogen) atoms. The van der Waals surface area contributed by atoms with Gasteiger partial charge in [0.2, 0.25) is 0 Å². The molecule has 5 rings (SSSR count). The number of carbonyl (C=O) groups excluding carboxylic acids is 1. The third kappa shape index (κ3) is 4.84. The fraction of sp³-hybridized carbons (Fsp3) is 0.333. The third-order valence-corrected chi connectivity index (χ3v) is 6.61. The molecule has 0 atom stereocenters. The predicted molar refractivity (Wildman–Crippen MR) is 135 cm³/mol. The second-order valence-electron chi connectivity index (χ2n) is 9.10. The number of nitrogens with zero attached hydrogens (tertiary/aromatic N) is 3. The van der Waals surface area contributed by atoms with Crippen LogP contribution in [0.2, 0.25) is 0 Å². The zero-order valence-electron chi connectivity index (χ0n) is 19.7. The van der Waals surface area contributed by atoms with Gasteiger partial charge in [0.25, 0.3) is 0 Å². The van der Waals surface area contributed by atoms with Gasteiger partial charge in [-0.05, 0) is 42.6 Å². The van der Waals surface area contributed by atoms with Crippen LogP contribution in [0.5, 0.6) is 0 Å². The molecule has 2 aromatic carbocycles. The average Bonchev–Trinajstić information content (AvgIpc) is 3.39. The van der Waals surface area contributed by atoms with Crippen LogP contribution < -0.4 is 10.6 Å². The van der Waals surface area contributed by atoms with Gasteiger partial charge >= 0.3 is 6.03 Å². The molecule has 7 heteroatoms. The molecule has 1 aliphatic carbocycles. The molecule has 3 aromatic rings. The highest BCUT2D eigenvalue weighted by molar-refractivity contribution is 5.90. The Hall–Kier alpha value is -3.60. The molecular formula is C27H30N6O. The fourth-order valence-corrected chi connectivity index (χ4v) is 4.59. The number of hydrogen-bond acceptors (Lipinski definition) is 4. The van der Waals surface area contributed by atoms with Crippen molar-refractivity contribution in [2.24, 2.45) is 0 Å². The number of urea groups is 1. The summed E-state index contributed by atoms with van der Waals surface area (Å²) < 4.78 is 0. The van der Waals surface area contributed by atoms with Gasteiger partial charge in [-0.15, -0.1) is 0 Å². The maximum atomic E-state index is 12.1. The van der Waals surface area contributed by atoms with Crippen molar-refractivity contribution in [2.45, 2.75) is 19.9 Å². The van der Waals surface area contributed by atoms with Crippen LogP contribution >= 0.6 is 0 Å². The fourth-order valence-electron chi connectivity index (χ4n) is 4.59. The molecule has 2 aliphatic rings. The number of nitrogens with one attached hydrogen (secondary N) is 3. The van der Waals surface area contributed by atoms with Crippen LogP contribution in [-0.2, 0) is 13.0 Å². The van der Waals surface area contributed by atoms with Crippen molar-refractivity contribution in [3.63, 3.8) is 0 Å². The first-order chi connectivity index (χ1) is 16.6. The minimum atomic E-state index is -0.267. The van der Waals surface area contributed by atoms with E-state index < -0.39 is 0 Å². The number of aromatic amines is 1. The summed E-state index contributed by atoms with van der Waals surface area (Å²) in [5.41, 5.74) is 8.68. The van der Waals surface area contributed by atoms with Crippen LogP contribution in [0.4, 0.5) is 10.5 Å². The van der Waals surface area contributed by atoms with Crippen molar-refractivity contribution in [1.29, 1.82) is 0 Å². The molecule has 7 nitrogen and oxygen atoms in total. The Morgan fingerprint density at radius 1 is 1.15 bits per heavy atom. The number of aromatic nitrogens is 2. The Balaban J connectivity index is 1.18. The molecule has 0 unspecified atom stereocenters. The van der Waals surface area contributed by atoms with Gasteiger partial charge in [-0.1, -0.05) is 42.3 Å². The standard InChI is InChI=1S/C27H30N6O/c1-19-6-3-4-7-24(19)29-27(34)28-11-5-8-25-23-17-21-16-20(9-10-22(21)26(23)31-30-25)18-33-14-12-32(2)13-15-33/h3-4,6-7,9-10,16H,11-15,17-18H2,1-2H3,(H,30,31)(H2,28,29,34). The SMILES string of the molecule is Cc1ccccc1NC(=O)NCC#Cc1n[nH]c2c1Cc1cc(CN3CCN(C)CC3)ccc1-2. The van der Waals surface area contributed by atoms with Gasteiger partial charge in [0.05, 0.1) is 12.2 Å². The molecule has 2 heterocycles. The van der Waals surface area contributed by atoms with Crippen molar-refractivity contribution >= 4 is 11.7 Å². The molecule has 1 aliphatic heterocycles. The Bertz CT molecular complexity index is 1260. The third-order valence-electron chi connectivity index (χ3n) is 6.61. The molecule has 174 valence electrons. The first-order valence-corrected chi connectivity index (χ1v) is 11.8. The summed E-state index contributed by atoms with van der Waals surface area (Å²) in [7, 11) is 2.19. The molecule has 2 amide bonds. The highest BCUT2D eigenvalue weighted by atomic mass is 16.2. The number of H-pyrrole nitrogens is 1. The second kappa shape index (κ2) is 9.72. The lowest BCUT2D eigenvalue weighted by Crippen LogP contribution is -2.43. The normalized spacial score (nSPS) is 15.2. The number of amides is 2. The number of piperazine rings is 1. The van der Waals surface area contributed by atoms with E-state index in [9.17, 15) is 4.79 Å². The lowest BCUT2D eigenvalue weighted by atomic mass is 10.0. The number of benzene rings is 2. The topological polar surface area (TPSA) is 76.3 Å². The van der Waals surface area contributed by atoms with Crippen molar-refractivity contribution < 1.29 is 4.79 Å². The van der Waals surface area contributed by atoms with E-state index in [2.05, 4.69) is 67.7 Å². The molecule has 1 saturated heterocycles. The van der Waals surface area contributed by atoms with Gasteiger partial charge in [0, 0.05) is 56.0 Å². The van der Waals surface area contributed by atoms with Crippen molar-refractivity contribution in [2.75, 3.05) is 45.1 Å². The van der Waals surface area contributed by atoms with E-state index >= 15 is 0 Å². The summed E-state index contributed by atoms with van der Waals surface area (Å²) >= 11 is 0. The molecule has 1 fully saturated rings. The molecule has 0 bridgehead atoms. The van der Waals surface area contributed by atoms with Gasteiger partial charge in [0.1, 0.15) is 5.69 Å². The number of carbonyl (C=O) groups is 1. The molecule has 0 saturated carbocycles. The van der Waals surface area contributed by atoms with Crippen LogP contribution in [0.1, 0.15) is 27.9 Å². The smallest absolute Gasteiger partial charge is 0.320 e. The lowest BCUT2D eigenvalue weighted by molar-refractivity contribution is 0.148. The Morgan fingerprint density at radius 2 is 1.97 bits per heavy atom. The highest BCUT2D eigenvalue weighted by Gasteiger charge is 2.24. The number of anilines is 1. The van der Waals surface area contributed by atoms with Gasteiger partial charge in [-0.25, -0.2) is 4.79 Å². The van der Waals surface area contributed by atoms with Crippen LogP contribution in [-0.4, -0.2) is 65.8 Å². The molecule has 3 N–H and O–H groups in total. The summed E-state index contributed by atoms with van der Waals surface area (Å²) in [4.78, 5) is 17.0. The monoisotopic (exact) mass is 454 g/mol. The van der Waals surface area contributed by atoms with E-state index in [1.807, 2.05) is 31.2 Å². The number of fused-ring (bicyclic) bond motifs is 3. The maximum absolute atomic E-state index is 12.1. The first-order valence-electron chi connectivity index (χ1n) is 11.8. The largest absolute Gasteiger partial charge is 0.327 e. The Kier molecular flexibility index (Phi) is 6.35. The maximum Gasteiger partial charge on any atom is 0.320 e. The van der Waals surface area contributed by atoms with Crippen LogP contribution in [0, 0.1) is 18.8 Å². The Labute approximate surface area is 200 Å². The second-order valence-corrected chi connectivity index (χ2v) is 9.10. The van der Waals surface area contributed by atoms with Gasteiger partial charge in [-0.2, -0.15) is 5.10 Å². The summed E-state index contributed by atoms with van der Waals surface area (Å²) in [5.74, 6) is 6.16. The van der Waals surface area contributed by atoms with Crippen molar-refractivity contribution in [3.05, 3.63) is 70.4 Å². The summed E-state index contributed by atoms with van der Waals surface area (Å²) in [6, 6.07) is 14.2. The molecule has 1 aromatic heterocycles. The summed E-state index contributed by atoms with van der Waals surface area (Å²) in [6.07, 6.45) is 0.836. The number of hydrogen-bond donors (Lipinski definition) is 3. The van der Waals surface area contributed by atoms with Gasteiger partial charge in [-0.3, -0.25) is 10.00 Å². The van der Waals surface area contributed by atoms with E-state index in [1.165, 1.54) is 16.7 Å². The van der Waals surface area contributed by atoms with E-state index in [4.69, 9.17) is 0 Å². The van der Waals surface area contributed by atoms with Gasteiger partial charge < -0.3 is 15.5 Å². The summed E-state index contributed by atoms with van der Waals surface area (Å²) in [5, 5.41) is 13.2. The van der Waals surface area contributed by atoms with E-state index in [1.54, 1.807) is 0 Å². The number of aryl methyl sites for hydroxylation is 1. The highest BCUT2D eigenvalue weighted by Crippen LogP contribution is 2.37. The predicted octanol–water partition coefficient (Wildman–Crippen LogP) is 3.21. The molecule has 0 spiro atoms. The zero-order chi connectivity index (χ0) is 23.5. The van der Waals surface area contributed by atoms with E-state index in [-0.39, 0.29) is 12.6 Å².